The minimum absolute atomic E-state index is 0.000958. The predicted molar refractivity (Wildman–Crippen MR) is 137 cm³/mol. The quantitative estimate of drug-likeness (QED) is 0.662. The molecule has 1 aliphatic carbocycles. The van der Waals surface area contributed by atoms with Gasteiger partial charge in [0, 0.05) is 37.3 Å². The number of hydrogen-bond acceptors (Lipinski definition) is 5. The molecule has 0 saturated carbocycles. The van der Waals surface area contributed by atoms with Gasteiger partial charge in [-0.25, -0.2) is 14.5 Å². The molecule has 0 unspecified atom stereocenters. The second-order valence-electron chi connectivity index (χ2n) is 10.3. The first-order chi connectivity index (χ1) is 17.7. The first-order valence-corrected chi connectivity index (χ1v) is 12.8. The second kappa shape index (κ2) is 9.53. The lowest BCUT2D eigenvalue weighted by Crippen LogP contribution is -2.48. The van der Waals surface area contributed by atoms with Crippen LogP contribution in [0, 0.1) is 5.92 Å². The van der Waals surface area contributed by atoms with Gasteiger partial charge in [-0.1, -0.05) is 44.2 Å². The van der Waals surface area contributed by atoms with E-state index in [-0.39, 0.29) is 30.4 Å². The number of hydrogen-bond donors (Lipinski definition) is 2. The Bertz CT molecular complexity index is 1270. The highest BCUT2D eigenvalue weighted by Gasteiger charge is 2.58. The summed E-state index contributed by atoms with van der Waals surface area (Å²) in [5, 5.41) is 5.21. The Labute approximate surface area is 216 Å². The molecular formula is C28H32N4O5. The molecule has 3 aliphatic rings. The van der Waals surface area contributed by atoms with Crippen LogP contribution >= 0.6 is 0 Å². The Morgan fingerprint density at radius 3 is 2.57 bits per heavy atom. The summed E-state index contributed by atoms with van der Waals surface area (Å²) in [4.78, 5) is 54.7. The lowest BCUT2D eigenvalue weighted by atomic mass is 9.94. The molecular weight excluding hydrogens is 472 g/mol. The van der Waals surface area contributed by atoms with Gasteiger partial charge >= 0.3 is 12.1 Å². The van der Waals surface area contributed by atoms with Gasteiger partial charge in [0.2, 0.25) is 11.5 Å². The number of carbonyl (C=O) groups is 4. The van der Waals surface area contributed by atoms with E-state index >= 15 is 0 Å². The van der Waals surface area contributed by atoms with Crippen LogP contribution in [0.1, 0.15) is 48.9 Å². The number of imide groups is 1. The maximum atomic E-state index is 13.6. The molecule has 0 aromatic heterocycles. The van der Waals surface area contributed by atoms with Crippen molar-refractivity contribution in [1.82, 2.24) is 15.1 Å². The second-order valence-corrected chi connectivity index (χ2v) is 10.3. The van der Waals surface area contributed by atoms with E-state index in [0.29, 0.717) is 30.6 Å². The van der Waals surface area contributed by atoms with Gasteiger partial charge in [-0.05, 0) is 54.0 Å². The number of urea groups is 1. The monoisotopic (exact) mass is 504 g/mol. The summed E-state index contributed by atoms with van der Waals surface area (Å²) < 4.78 is 5.71. The van der Waals surface area contributed by atoms with Gasteiger partial charge in [0.15, 0.2) is 0 Å². The summed E-state index contributed by atoms with van der Waals surface area (Å²) in [5.74, 6) is -0.542. The van der Waals surface area contributed by atoms with Crippen LogP contribution < -0.4 is 10.6 Å². The van der Waals surface area contributed by atoms with E-state index in [4.69, 9.17) is 4.74 Å². The third kappa shape index (κ3) is 4.32. The molecule has 9 heteroatoms. The normalized spacial score (nSPS) is 22.5. The molecule has 2 heterocycles. The van der Waals surface area contributed by atoms with Crippen LogP contribution in [-0.4, -0.2) is 53.4 Å². The molecule has 1 spiro atoms. The number of nitrogens with zero attached hydrogens (tertiary/aromatic N) is 2. The van der Waals surface area contributed by atoms with Crippen molar-refractivity contribution >= 4 is 29.6 Å². The number of anilines is 1. The lowest BCUT2D eigenvalue weighted by Gasteiger charge is -2.34. The molecule has 2 aliphatic heterocycles. The fourth-order valence-corrected chi connectivity index (χ4v) is 5.83. The Hall–Kier alpha value is -3.88. The summed E-state index contributed by atoms with van der Waals surface area (Å²) in [7, 11) is 1.53. The summed E-state index contributed by atoms with van der Waals surface area (Å²) in [6, 6.07) is 12.9. The van der Waals surface area contributed by atoms with Crippen LogP contribution in [0.15, 0.2) is 42.5 Å². The average molecular weight is 505 g/mol. The molecule has 2 N–H and O–H groups in total. The van der Waals surface area contributed by atoms with E-state index in [0.717, 1.165) is 28.9 Å². The third-order valence-corrected chi connectivity index (χ3v) is 7.80. The molecule has 2 aromatic rings. The van der Waals surface area contributed by atoms with Gasteiger partial charge in [0.25, 0.3) is 5.91 Å². The van der Waals surface area contributed by atoms with Crippen molar-refractivity contribution in [3.05, 3.63) is 64.7 Å². The zero-order chi connectivity index (χ0) is 26.3. The fraction of sp³-hybridized carbons (Fsp3) is 0.429. The van der Waals surface area contributed by atoms with Crippen molar-refractivity contribution in [2.75, 3.05) is 18.9 Å². The van der Waals surface area contributed by atoms with Crippen molar-refractivity contribution < 1.29 is 23.9 Å². The summed E-state index contributed by atoms with van der Waals surface area (Å²) in [5.41, 5.74) is 2.91. The topological polar surface area (TPSA) is 108 Å². The lowest BCUT2D eigenvalue weighted by molar-refractivity contribution is -0.143. The van der Waals surface area contributed by atoms with E-state index in [1.807, 2.05) is 23.1 Å². The van der Waals surface area contributed by atoms with Gasteiger partial charge in [-0.15, -0.1) is 0 Å². The molecule has 2 aromatic carbocycles. The van der Waals surface area contributed by atoms with E-state index in [1.54, 1.807) is 18.2 Å². The molecule has 1 saturated heterocycles. The van der Waals surface area contributed by atoms with E-state index < -0.39 is 17.6 Å². The van der Waals surface area contributed by atoms with Gasteiger partial charge in [-0.2, -0.15) is 0 Å². The van der Waals surface area contributed by atoms with E-state index in [2.05, 4.69) is 30.5 Å². The largest absolute Gasteiger partial charge is 0.427 e. The molecule has 1 fully saturated rings. The van der Waals surface area contributed by atoms with Gasteiger partial charge in [-0.3, -0.25) is 9.59 Å². The van der Waals surface area contributed by atoms with Crippen molar-refractivity contribution in [3.8, 4) is 0 Å². The minimum Gasteiger partial charge on any atom is -0.427 e. The molecule has 5 rings (SSSR count). The predicted octanol–water partition coefficient (Wildman–Crippen LogP) is 3.56. The number of aryl methyl sites for hydroxylation is 2. The number of ether oxygens (including phenoxy) is 1. The standard InChI is InChI=1S/C28H32N4O5/c1-17(2)23-11-8-18-6-4-5-7-20(18)15-31(23)24(33)16-32-25(34)28(37-27(32)36)13-12-19-14-21(9-10-22(19)28)30-26(35)29-3/h4-7,9-10,14,17,23H,8,11-13,15-16H2,1-3H3,(H2,29,30,35)/t23-,28+/m1/s1. The number of benzene rings is 2. The highest BCUT2D eigenvalue weighted by atomic mass is 16.6. The first-order valence-electron chi connectivity index (χ1n) is 12.8. The number of fused-ring (bicyclic) bond motifs is 3. The Morgan fingerprint density at radius 2 is 1.84 bits per heavy atom. The highest BCUT2D eigenvalue weighted by molar-refractivity contribution is 6.06. The van der Waals surface area contributed by atoms with Gasteiger partial charge in [0.05, 0.1) is 0 Å². The smallest absolute Gasteiger partial charge is 0.418 e. The summed E-state index contributed by atoms with van der Waals surface area (Å²) in [6.45, 7) is 4.28. The molecule has 5 amide bonds. The van der Waals surface area contributed by atoms with Crippen LogP contribution in [0.25, 0.3) is 0 Å². The van der Waals surface area contributed by atoms with Crippen LogP contribution in [0.2, 0.25) is 0 Å². The average Bonchev–Trinajstić information content (AvgIpc) is 3.25. The Morgan fingerprint density at radius 1 is 1.08 bits per heavy atom. The maximum absolute atomic E-state index is 13.6. The van der Waals surface area contributed by atoms with Crippen molar-refractivity contribution in [3.63, 3.8) is 0 Å². The van der Waals surface area contributed by atoms with E-state index in [9.17, 15) is 19.2 Å². The zero-order valence-corrected chi connectivity index (χ0v) is 21.4. The Kier molecular flexibility index (Phi) is 6.39. The molecule has 194 valence electrons. The van der Waals surface area contributed by atoms with Crippen LogP contribution in [-0.2, 0) is 39.3 Å². The SMILES string of the molecule is CNC(=O)Nc1ccc2c(c1)CC[C@]21OC(=O)N(CC(=O)N2Cc3ccccc3CC[C@@H]2C(C)C)C1=O. The zero-order valence-electron chi connectivity index (χ0n) is 21.4. The summed E-state index contributed by atoms with van der Waals surface area (Å²) in [6.07, 6.45) is 1.71. The molecule has 9 nitrogen and oxygen atoms in total. The molecule has 0 radical (unpaired) electrons. The minimum atomic E-state index is -1.43. The maximum Gasteiger partial charge on any atom is 0.418 e. The van der Waals surface area contributed by atoms with Gasteiger partial charge < -0.3 is 20.3 Å². The number of nitrogens with one attached hydrogen (secondary N) is 2. The van der Waals surface area contributed by atoms with Crippen LogP contribution in [0.4, 0.5) is 15.3 Å². The molecule has 37 heavy (non-hydrogen) atoms. The van der Waals surface area contributed by atoms with Crippen LogP contribution in [0.5, 0.6) is 0 Å². The number of rotatable bonds is 4. The number of amides is 5. The van der Waals surface area contributed by atoms with E-state index in [1.165, 1.54) is 12.6 Å². The molecule has 2 atom stereocenters. The van der Waals surface area contributed by atoms with Crippen molar-refractivity contribution in [2.24, 2.45) is 5.92 Å². The summed E-state index contributed by atoms with van der Waals surface area (Å²) >= 11 is 0. The Balaban J connectivity index is 1.37. The van der Waals surface area contributed by atoms with Crippen molar-refractivity contribution in [2.45, 2.75) is 57.7 Å². The van der Waals surface area contributed by atoms with Crippen LogP contribution in [0.3, 0.4) is 0 Å². The third-order valence-electron chi connectivity index (χ3n) is 7.80. The number of carbonyl (C=O) groups excluding carboxylic acids is 4. The first kappa shape index (κ1) is 24.8. The molecule has 0 bridgehead atoms. The fourth-order valence-electron chi connectivity index (χ4n) is 5.83. The van der Waals surface area contributed by atoms with Gasteiger partial charge in [0.1, 0.15) is 6.54 Å². The van der Waals surface area contributed by atoms with Crippen molar-refractivity contribution in [1.29, 1.82) is 0 Å². The highest BCUT2D eigenvalue weighted by Crippen LogP contribution is 2.46.